The van der Waals surface area contributed by atoms with Crippen LogP contribution in [0.15, 0.2) is 18.2 Å². The molecule has 2 rings (SSSR count). The van der Waals surface area contributed by atoms with Gasteiger partial charge in [-0.2, -0.15) is 0 Å². The van der Waals surface area contributed by atoms with Gasteiger partial charge >= 0.3 is 0 Å². The van der Waals surface area contributed by atoms with Gasteiger partial charge in [0, 0.05) is 17.5 Å². The highest BCUT2D eigenvalue weighted by Gasteiger charge is 2.26. The summed E-state index contributed by atoms with van der Waals surface area (Å²) in [6.07, 6.45) is 0. The molecule has 2 amide bonds. The molecular formula is C13H16N2O4S. The molecule has 1 unspecified atom stereocenters. The van der Waals surface area contributed by atoms with E-state index in [1.54, 1.807) is 32.0 Å². The molecule has 0 saturated heterocycles. The number of carbonyl (C=O) groups is 2. The van der Waals surface area contributed by atoms with Crippen LogP contribution in [0, 0.1) is 0 Å². The van der Waals surface area contributed by atoms with E-state index in [1.807, 2.05) is 0 Å². The van der Waals surface area contributed by atoms with E-state index in [0.29, 0.717) is 16.8 Å². The van der Waals surface area contributed by atoms with E-state index in [2.05, 4.69) is 10.6 Å². The first kappa shape index (κ1) is 14.5. The van der Waals surface area contributed by atoms with Crippen LogP contribution in [0.4, 0.5) is 5.69 Å². The van der Waals surface area contributed by atoms with E-state index in [1.165, 1.54) is 0 Å². The first-order valence-corrected chi connectivity index (χ1v) is 8.11. The lowest BCUT2D eigenvalue weighted by Gasteiger charge is -2.15. The fourth-order valence-electron chi connectivity index (χ4n) is 2.08. The molecule has 0 aromatic heterocycles. The summed E-state index contributed by atoms with van der Waals surface area (Å²) in [7, 11) is -3.07. The summed E-state index contributed by atoms with van der Waals surface area (Å²) in [6, 6.07) is 4.49. The SMILES string of the molecule is CCS(=O)(=O)CC(C)Nc1ccc2c(c1)C(=O)NC2=O. The maximum atomic E-state index is 11.5. The third-order valence-electron chi connectivity index (χ3n) is 3.09. The zero-order valence-electron chi connectivity index (χ0n) is 11.3. The molecule has 2 N–H and O–H groups in total. The predicted octanol–water partition coefficient (Wildman–Crippen LogP) is 0.805. The van der Waals surface area contributed by atoms with Crippen molar-refractivity contribution in [1.82, 2.24) is 5.32 Å². The second kappa shape index (κ2) is 5.24. The number of fused-ring (bicyclic) bond motifs is 1. The number of rotatable bonds is 5. The second-order valence-corrected chi connectivity index (χ2v) is 7.19. The van der Waals surface area contributed by atoms with Crippen molar-refractivity contribution in [3.8, 4) is 0 Å². The summed E-state index contributed by atoms with van der Waals surface area (Å²) in [4.78, 5) is 22.9. The van der Waals surface area contributed by atoms with Gasteiger partial charge in [0.05, 0.1) is 16.9 Å². The van der Waals surface area contributed by atoms with Gasteiger partial charge in [0.1, 0.15) is 0 Å². The van der Waals surface area contributed by atoms with Crippen molar-refractivity contribution in [2.45, 2.75) is 19.9 Å². The third-order valence-corrected chi connectivity index (χ3v) is 4.98. The molecule has 1 aliphatic heterocycles. The first-order valence-electron chi connectivity index (χ1n) is 6.29. The molecule has 108 valence electrons. The highest BCUT2D eigenvalue weighted by atomic mass is 32.2. The standard InChI is InChI=1S/C13H16N2O4S/c1-3-20(18,19)7-8(2)14-9-4-5-10-11(6-9)13(17)15-12(10)16/h4-6,8,14H,3,7H2,1-2H3,(H,15,16,17). The Balaban J connectivity index is 2.14. The summed E-state index contributed by atoms with van der Waals surface area (Å²) in [5.74, 6) is -0.716. The monoisotopic (exact) mass is 296 g/mol. The van der Waals surface area contributed by atoms with Gasteiger partial charge in [-0.3, -0.25) is 14.9 Å². The lowest BCUT2D eigenvalue weighted by atomic mass is 10.1. The van der Waals surface area contributed by atoms with E-state index in [4.69, 9.17) is 0 Å². The fourth-order valence-corrected chi connectivity index (χ4v) is 3.16. The van der Waals surface area contributed by atoms with Crippen LogP contribution >= 0.6 is 0 Å². The predicted molar refractivity (Wildman–Crippen MR) is 75.7 cm³/mol. The summed E-state index contributed by atoms with van der Waals surface area (Å²) < 4.78 is 23.1. The van der Waals surface area contributed by atoms with Crippen LogP contribution in [0.5, 0.6) is 0 Å². The Bertz CT molecular complexity index is 667. The molecule has 7 heteroatoms. The van der Waals surface area contributed by atoms with Crippen molar-refractivity contribution < 1.29 is 18.0 Å². The molecule has 0 aliphatic carbocycles. The van der Waals surface area contributed by atoms with Crippen LogP contribution < -0.4 is 10.6 Å². The van der Waals surface area contributed by atoms with Crippen LogP contribution in [0.1, 0.15) is 34.6 Å². The van der Waals surface area contributed by atoms with Gasteiger partial charge in [0.2, 0.25) is 0 Å². The van der Waals surface area contributed by atoms with Gasteiger partial charge in [-0.15, -0.1) is 0 Å². The fraction of sp³-hybridized carbons (Fsp3) is 0.385. The number of imide groups is 1. The minimum Gasteiger partial charge on any atom is -0.382 e. The van der Waals surface area contributed by atoms with Gasteiger partial charge in [-0.1, -0.05) is 6.92 Å². The zero-order chi connectivity index (χ0) is 14.9. The summed E-state index contributed by atoms with van der Waals surface area (Å²) in [5.41, 5.74) is 1.27. The van der Waals surface area contributed by atoms with Gasteiger partial charge in [-0.25, -0.2) is 8.42 Å². The molecule has 1 aliphatic rings. The van der Waals surface area contributed by atoms with Crippen LogP contribution in [0.25, 0.3) is 0 Å². The maximum absolute atomic E-state index is 11.5. The Hall–Kier alpha value is -1.89. The second-order valence-electron chi connectivity index (χ2n) is 4.79. The average molecular weight is 296 g/mol. The van der Waals surface area contributed by atoms with Gasteiger partial charge in [0.25, 0.3) is 11.8 Å². The quantitative estimate of drug-likeness (QED) is 0.784. The minimum absolute atomic E-state index is 0.0196. The van der Waals surface area contributed by atoms with E-state index in [-0.39, 0.29) is 17.5 Å². The molecule has 0 saturated carbocycles. The first-order chi connectivity index (χ1) is 9.32. The number of hydrogen-bond acceptors (Lipinski definition) is 5. The molecule has 1 heterocycles. The molecule has 6 nitrogen and oxygen atoms in total. The highest BCUT2D eigenvalue weighted by Crippen LogP contribution is 2.20. The molecule has 1 atom stereocenters. The Morgan fingerprint density at radius 3 is 2.50 bits per heavy atom. The van der Waals surface area contributed by atoms with E-state index in [9.17, 15) is 18.0 Å². The van der Waals surface area contributed by atoms with Crippen LogP contribution in [0.2, 0.25) is 0 Å². The number of amides is 2. The molecule has 0 radical (unpaired) electrons. The normalized spacial score (nSPS) is 15.7. The number of benzene rings is 1. The molecule has 0 spiro atoms. The zero-order valence-corrected chi connectivity index (χ0v) is 12.1. The number of anilines is 1. The average Bonchev–Trinajstić information content (AvgIpc) is 2.64. The van der Waals surface area contributed by atoms with E-state index in [0.717, 1.165) is 0 Å². The van der Waals surface area contributed by atoms with Crippen LogP contribution in [-0.2, 0) is 9.84 Å². The highest BCUT2D eigenvalue weighted by molar-refractivity contribution is 7.91. The molecule has 0 fully saturated rings. The van der Waals surface area contributed by atoms with Gasteiger partial charge in [-0.05, 0) is 25.1 Å². The largest absolute Gasteiger partial charge is 0.382 e. The van der Waals surface area contributed by atoms with Crippen LogP contribution in [0.3, 0.4) is 0 Å². The Morgan fingerprint density at radius 1 is 1.20 bits per heavy atom. The van der Waals surface area contributed by atoms with Crippen molar-refractivity contribution in [2.75, 3.05) is 16.8 Å². The summed E-state index contributed by atoms with van der Waals surface area (Å²) >= 11 is 0. The summed E-state index contributed by atoms with van der Waals surface area (Å²) in [5, 5.41) is 5.24. The van der Waals surface area contributed by atoms with E-state index < -0.39 is 21.7 Å². The number of carbonyl (C=O) groups excluding carboxylic acids is 2. The van der Waals surface area contributed by atoms with Crippen LogP contribution in [-0.4, -0.2) is 37.8 Å². The Morgan fingerprint density at radius 2 is 1.85 bits per heavy atom. The van der Waals surface area contributed by atoms with Crippen molar-refractivity contribution in [3.05, 3.63) is 29.3 Å². The number of nitrogens with one attached hydrogen (secondary N) is 2. The van der Waals surface area contributed by atoms with Crippen molar-refractivity contribution in [1.29, 1.82) is 0 Å². The van der Waals surface area contributed by atoms with Gasteiger partial charge in [0.15, 0.2) is 9.84 Å². The maximum Gasteiger partial charge on any atom is 0.259 e. The Labute approximate surface area is 117 Å². The lowest BCUT2D eigenvalue weighted by molar-refractivity contribution is 0.0879. The van der Waals surface area contributed by atoms with Crippen molar-refractivity contribution in [2.24, 2.45) is 0 Å². The topological polar surface area (TPSA) is 92.3 Å². The Kier molecular flexibility index (Phi) is 3.80. The van der Waals surface area contributed by atoms with E-state index >= 15 is 0 Å². The molecule has 1 aromatic carbocycles. The smallest absolute Gasteiger partial charge is 0.259 e. The summed E-state index contributed by atoms with van der Waals surface area (Å²) in [6.45, 7) is 3.36. The molecule has 0 bridgehead atoms. The molecule has 1 aromatic rings. The number of hydrogen-bond donors (Lipinski definition) is 2. The lowest BCUT2D eigenvalue weighted by Crippen LogP contribution is -2.26. The molecular weight excluding hydrogens is 280 g/mol. The van der Waals surface area contributed by atoms with Crippen molar-refractivity contribution >= 4 is 27.3 Å². The number of sulfone groups is 1. The molecule has 20 heavy (non-hydrogen) atoms. The minimum atomic E-state index is -3.07. The third kappa shape index (κ3) is 2.98. The van der Waals surface area contributed by atoms with Gasteiger partial charge < -0.3 is 5.32 Å². The van der Waals surface area contributed by atoms with Crippen molar-refractivity contribution in [3.63, 3.8) is 0 Å².